The largest absolute Gasteiger partial charge is 0.323 e. The highest BCUT2D eigenvalue weighted by Crippen LogP contribution is 2.18. The predicted octanol–water partition coefficient (Wildman–Crippen LogP) is 2.83. The summed E-state index contributed by atoms with van der Waals surface area (Å²) in [5.41, 5.74) is 11.3. The second-order valence-electron chi connectivity index (χ2n) is 5.52. The van der Waals surface area contributed by atoms with Gasteiger partial charge in [0.25, 0.3) is 0 Å². The molecule has 2 rings (SSSR count). The second kappa shape index (κ2) is 6.64. The molecule has 0 fully saturated rings. The lowest BCUT2D eigenvalue weighted by atomic mass is 9.99. The van der Waals surface area contributed by atoms with E-state index in [1.807, 2.05) is 12.3 Å². The molecule has 2 aromatic rings. The number of hydrogen-bond donors (Lipinski definition) is 1. The van der Waals surface area contributed by atoms with Crippen molar-refractivity contribution in [2.24, 2.45) is 5.73 Å². The van der Waals surface area contributed by atoms with Gasteiger partial charge in [-0.3, -0.25) is 4.98 Å². The number of nitrogens with zero attached hydrogens (tertiary/aromatic N) is 2. The first-order chi connectivity index (χ1) is 9.56. The fourth-order valence-corrected chi connectivity index (χ4v) is 2.54. The minimum Gasteiger partial charge on any atom is -0.323 e. The Morgan fingerprint density at radius 3 is 2.70 bits per heavy atom. The molecule has 0 aliphatic rings. The fraction of sp³-hybridized carbons (Fsp3) is 0.353. The number of likely N-dealkylation sites (N-methyl/N-ethyl adjacent to an activating group) is 1. The van der Waals surface area contributed by atoms with Gasteiger partial charge in [-0.25, -0.2) is 0 Å². The molecule has 106 valence electrons. The van der Waals surface area contributed by atoms with Gasteiger partial charge in [0.1, 0.15) is 0 Å². The van der Waals surface area contributed by atoms with E-state index in [1.54, 1.807) is 6.20 Å². The van der Waals surface area contributed by atoms with Crippen molar-refractivity contribution in [1.82, 2.24) is 9.88 Å². The second-order valence-corrected chi connectivity index (χ2v) is 5.52. The normalized spacial score (nSPS) is 12.7. The van der Waals surface area contributed by atoms with Gasteiger partial charge in [-0.15, -0.1) is 0 Å². The van der Waals surface area contributed by atoms with Gasteiger partial charge in [0.2, 0.25) is 0 Å². The van der Waals surface area contributed by atoms with Crippen molar-refractivity contribution in [3.8, 4) is 0 Å². The summed E-state index contributed by atoms with van der Waals surface area (Å²) in [6, 6.07) is 10.6. The molecule has 0 aliphatic heterocycles. The Kier molecular flexibility index (Phi) is 4.88. The van der Waals surface area contributed by atoms with Crippen LogP contribution in [0.15, 0.2) is 42.7 Å². The van der Waals surface area contributed by atoms with Gasteiger partial charge >= 0.3 is 0 Å². The summed E-state index contributed by atoms with van der Waals surface area (Å²) in [6.07, 6.45) is 3.70. The number of rotatable bonds is 5. The number of aromatic nitrogens is 1. The molecule has 0 saturated heterocycles. The highest BCUT2D eigenvalue weighted by atomic mass is 15.1. The van der Waals surface area contributed by atoms with Gasteiger partial charge < -0.3 is 10.6 Å². The van der Waals surface area contributed by atoms with Crippen molar-refractivity contribution in [2.75, 3.05) is 13.6 Å². The molecule has 20 heavy (non-hydrogen) atoms. The lowest BCUT2D eigenvalue weighted by Gasteiger charge is -2.22. The van der Waals surface area contributed by atoms with Crippen molar-refractivity contribution >= 4 is 0 Å². The van der Waals surface area contributed by atoms with Crippen LogP contribution in [0, 0.1) is 13.8 Å². The topological polar surface area (TPSA) is 42.1 Å². The summed E-state index contributed by atoms with van der Waals surface area (Å²) in [6.45, 7) is 5.94. The van der Waals surface area contributed by atoms with Crippen LogP contribution in [0.5, 0.6) is 0 Å². The van der Waals surface area contributed by atoms with Crippen LogP contribution in [0.1, 0.15) is 28.3 Å². The lowest BCUT2D eigenvalue weighted by Crippen LogP contribution is -2.29. The quantitative estimate of drug-likeness (QED) is 0.907. The van der Waals surface area contributed by atoms with E-state index in [-0.39, 0.29) is 6.04 Å². The predicted molar refractivity (Wildman–Crippen MR) is 83.4 cm³/mol. The monoisotopic (exact) mass is 269 g/mol. The summed E-state index contributed by atoms with van der Waals surface area (Å²) in [4.78, 5) is 6.38. The van der Waals surface area contributed by atoms with Crippen LogP contribution in [-0.4, -0.2) is 23.5 Å². The number of nitrogens with two attached hydrogens (primary N) is 1. The summed E-state index contributed by atoms with van der Waals surface area (Å²) >= 11 is 0. The molecular weight excluding hydrogens is 246 g/mol. The van der Waals surface area contributed by atoms with Gasteiger partial charge in [-0.2, -0.15) is 0 Å². The van der Waals surface area contributed by atoms with E-state index in [0.29, 0.717) is 0 Å². The van der Waals surface area contributed by atoms with Crippen LogP contribution in [0.2, 0.25) is 0 Å². The molecule has 0 bridgehead atoms. The van der Waals surface area contributed by atoms with Crippen molar-refractivity contribution < 1.29 is 0 Å². The standard InChI is InChI=1S/C17H23N3/c1-13-6-7-16(14(2)9-13)17(18)12-20(3)11-15-5-4-8-19-10-15/h4-10,17H,11-12,18H2,1-3H3. The SMILES string of the molecule is Cc1ccc(C(N)CN(C)Cc2cccnc2)c(C)c1. The zero-order valence-electron chi connectivity index (χ0n) is 12.5. The molecular formula is C17H23N3. The smallest absolute Gasteiger partial charge is 0.0426 e. The minimum absolute atomic E-state index is 0.0391. The lowest BCUT2D eigenvalue weighted by molar-refractivity contribution is 0.304. The highest BCUT2D eigenvalue weighted by Gasteiger charge is 2.12. The third-order valence-electron chi connectivity index (χ3n) is 3.51. The highest BCUT2D eigenvalue weighted by molar-refractivity contribution is 5.32. The van der Waals surface area contributed by atoms with Gasteiger partial charge in [-0.05, 0) is 43.7 Å². The fourth-order valence-electron chi connectivity index (χ4n) is 2.54. The van der Waals surface area contributed by atoms with Crippen LogP contribution in [-0.2, 0) is 6.54 Å². The molecule has 0 amide bonds. The van der Waals surface area contributed by atoms with E-state index in [1.165, 1.54) is 22.3 Å². The maximum atomic E-state index is 6.34. The summed E-state index contributed by atoms with van der Waals surface area (Å²) in [5, 5.41) is 0. The van der Waals surface area contributed by atoms with E-state index in [4.69, 9.17) is 5.73 Å². The first kappa shape index (κ1) is 14.7. The van der Waals surface area contributed by atoms with Gasteiger partial charge in [0, 0.05) is 31.5 Å². The minimum atomic E-state index is 0.0391. The van der Waals surface area contributed by atoms with Crippen LogP contribution < -0.4 is 5.73 Å². The molecule has 0 aliphatic carbocycles. The molecule has 3 nitrogen and oxygen atoms in total. The van der Waals surface area contributed by atoms with E-state index >= 15 is 0 Å². The Morgan fingerprint density at radius 2 is 2.05 bits per heavy atom. The summed E-state index contributed by atoms with van der Waals surface area (Å²) in [5.74, 6) is 0. The number of pyridine rings is 1. The maximum absolute atomic E-state index is 6.34. The van der Waals surface area contributed by atoms with Crippen LogP contribution in [0.25, 0.3) is 0 Å². The average Bonchev–Trinajstić information content (AvgIpc) is 2.39. The van der Waals surface area contributed by atoms with Crippen molar-refractivity contribution in [2.45, 2.75) is 26.4 Å². The van der Waals surface area contributed by atoms with Gasteiger partial charge in [0.05, 0.1) is 0 Å². The van der Waals surface area contributed by atoms with Crippen molar-refractivity contribution in [3.63, 3.8) is 0 Å². The molecule has 1 heterocycles. The average molecular weight is 269 g/mol. The maximum Gasteiger partial charge on any atom is 0.0426 e. The third kappa shape index (κ3) is 3.89. The molecule has 1 aromatic carbocycles. The number of hydrogen-bond acceptors (Lipinski definition) is 3. The Morgan fingerprint density at radius 1 is 1.25 bits per heavy atom. The van der Waals surface area contributed by atoms with Crippen LogP contribution in [0.4, 0.5) is 0 Å². The molecule has 1 aromatic heterocycles. The van der Waals surface area contributed by atoms with E-state index < -0.39 is 0 Å². The first-order valence-corrected chi connectivity index (χ1v) is 6.96. The zero-order valence-corrected chi connectivity index (χ0v) is 12.5. The number of aryl methyl sites for hydroxylation is 2. The molecule has 2 N–H and O–H groups in total. The molecule has 1 unspecified atom stereocenters. The Bertz CT molecular complexity index is 551. The molecule has 0 saturated carbocycles. The molecule has 1 atom stereocenters. The Hall–Kier alpha value is -1.71. The Balaban J connectivity index is 1.98. The van der Waals surface area contributed by atoms with Crippen LogP contribution >= 0.6 is 0 Å². The third-order valence-corrected chi connectivity index (χ3v) is 3.51. The van der Waals surface area contributed by atoms with Crippen molar-refractivity contribution in [1.29, 1.82) is 0 Å². The van der Waals surface area contributed by atoms with Gasteiger partial charge in [0.15, 0.2) is 0 Å². The van der Waals surface area contributed by atoms with E-state index in [9.17, 15) is 0 Å². The van der Waals surface area contributed by atoms with Gasteiger partial charge in [-0.1, -0.05) is 29.8 Å². The van der Waals surface area contributed by atoms with E-state index in [2.05, 4.69) is 55.0 Å². The van der Waals surface area contributed by atoms with Crippen molar-refractivity contribution in [3.05, 3.63) is 65.0 Å². The summed E-state index contributed by atoms with van der Waals surface area (Å²) < 4.78 is 0. The van der Waals surface area contributed by atoms with Crippen LogP contribution in [0.3, 0.4) is 0 Å². The molecule has 3 heteroatoms. The number of benzene rings is 1. The van der Waals surface area contributed by atoms with E-state index in [0.717, 1.165) is 13.1 Å². The zero-order chi connectivity index (χ0) is 14.5. The first-order valence-electron chi connectivity index (χ1n) is 6.96. The molecule has 0 radical (unpaired) electrons. The molecule has 0 spiro atoms. The summed E-state index contributed by atoms with van der Waals surface area (Å²) in [7, 11) is 2.09. The Labute approximate surface area is 121 Å².